The highest BCUT2D eigenvalue weighted by atomic mass is 15.0. The van der Waals surface area contributed by atoms with Crippen LogP contribution in [0.15, 0.2) is 419 Å². The molecule has 0 unspecified atom stereocenters. The molecular formula is C109H69N7. The van der Waals surface area contributed by atoms with Crippen molar-refractivity contribution in [2.45, 2.75) is 0 Å². The average molecular weight is 1480 g/mol. The summed E-state index contributed by atoms with van der Waals surface area (Å²) in [5.41, 5.74) is 22.9. The summed E-state index contributed by atoms with van der Waals surface area (Å²) < 4.78 is 0. The molecule has 0 atom stereocenters. The Morgan fingerprint density at radius 3 is 0.716 bits per heavy atom. The van der Waals surface area contributed by atoms with Crippen LogP contribution in [0.3, 0.4) is 0 Å². The number of nitrogens with zero attached hydrogens (tertiary/aromatic N) is 7. The molecule has 0 aliphatic rings. The maximum Gasteiger partial charge on any atom is 0.164 e. The fourth-order valence-electron chi connectivity index (χ4n) is 16.4. The Bertz CT molecular complexity index is 6980. The first-order valence-electron chi connectivity index (χ1n) is 39.2. The van der Waals surface area contributed by atoms with Crippen molar-refractivity contribution >= 4 is 86.4 Å². The molecular weight excluding hydrogens is 1410 g/mol. The van der Waals surface area contributed by atoms with E-state index in [1.54, 1.807) is 0 Å². The van der Waals surface area contributed by atoms with Gasteiger partial charge in [-0.15, -0.1) is 0 Å². The zero-order valence-corrected chi connectivity index (χ0v) is 63.0. The molecule has 0 spiro atoms. The van der Waals surface area contributed by atoms with Gasteiger partial charge < -0.3 is 0 Å². The van der Waals surface area contributed by atoms with Gasteiger partial charge in [0.1, 0.15) is 0 Å². The van der Waals surface area contributed by atoms with Crippen molar-refractivity contribution in [3.8, 4) is 135 Å². The van der Waals surface area contributed by atoms with Crippen molar-refractivity contribution in [2.24, 2.45) is 0 Å². The lowest BCUT2D eigenvalue weighted by Gasteiger charge is -2.16. The molecule has 7 nitrogen and oxygen atoms in total. The summed E-state index contributed by atoms with van der Waals surface area (Å²) in [7, 11) is 0. The number of pyridine rings is 2. The molecule has 18 aromatic carbocycles. The summed E-state index contributed by atoms with van der Waals surface area (Å²) in [6.45, 7) is 0. The SMILES string of the molecule is c1ccc(-c2cc(-c3ccccc3)nc(-c3ccc(-c4cc5c(-c6ccc7ccccc7c6)cc(-c6ccc7ccccc7c6)nc5c5ccccc45)cc3)n2)cc1.c1ccc(-c2nc(-c3ccccc3)nc(-c3ccc(-c4cc5c(-c6ccc7ccccc7c6)cc(-c6ccc7ccccc7c6)nc5c5ccccc45)cc3)n2)cc1. The number of fused-ring (bicyclic) bond motifs is 10. The molecule has 4 aromatic heterocycles. The van der Waals surface area contributed by atoms with Crippen LogP contribution in [-0.2, 0) is 0 Å². The number of rotatable bonds is 12. The Morgan fingerprint density at radius 2 is 0.362 bits per heavy atom. The summed E-state index contributed by atoms with van der Waals surface area (Å²) in [6.07, 6.45) is 0. The van der Waals surface area contributed by atoms with E-state index in [1.807, 2.05) is 97.1 Å². The monoisotopic (exact) mass is 1480 g/mol. The van der Waals surface area contributed by atoms with Crippen molar-refractivity contribution in [3.05, 3.63) is 419 Å². The van der Waals surface area contributed by atoms with Gasteiger partial charge in [0, 0.05) is 66.1 Å². The van der Waals surface area contributed by atoms with Crippen LogP contribution in [0.4, 0.5) is 0 Å². The average Bonchev–Trinajstić information content (AvgIpc) is 0.739. The highest BCUT2D eigenvalue weighted by Crippen LogP contribution is 2.45. The quantitative estimate of drug-likeness (QED) is 0.113. The van der Waals surface area contributed by atoms with Gasteiger partial charge in [-0.2, -0.15) is 0 Å². The predicted octanol–water partition coefficient (Wildman–Crippen LogP) is 28.4. The van der Waals surface area contributed by atoms with Gasteiger partial charge in [0.2, 0.25) is 0 Å². The molecule has 7 heteroatoms. The van der Waals surface area contributed by atoms with Gasteiger partial charge in [0.25, 0.3) is 0 Å². The Labute approximate surface area is 670 Å². The standard InChI is InChI=1S/C55H35N3.C54H34N4/c1-3-15-39(16-4-1)52-35-53(40-17-5-2-6-18-40)58-55(57-52)41-27-25-38(26-28-41)48-33-50-49(44-29-23-36-13-7-9-19-42(36)31-44)34-51(56-54(50)47-22-12-11-21-46(47)48)45-30-24-37-14-8-10-20-43(37)32-45;1-3-15-38(16-4-1)52-56-53(39-17-5-2-6-18-39)58-54(57-52)40-27-25-37(26-28-40)47-33-49-48(43-29-23-35-13-7-9-19-41(35)31-43)34-50(55-51(49)46-22-12-11-21-45(46)47)44-30-24-36-14-8-10-20-42(36)32-44/h1-35H;1-34H. The third kappa shape index (κ3) is 13.2. The van der Waals surface area contributed by atoms with Gasteiger partial charge >= 0.3 is 0 Å². The Balaban J connectivity index is 0.000000145. The highest BCUT2D eigenvalue weighted by molar-refractivity contribution is 6.18. The van der Waals surface area contributed by atoms with E-state index in [1.165, 1.54) is 43.1 Å². The molecule has 0 amide bonds. The minimum atomic E-state index is 0.631. The Kier molecular flexibility index (Phi) is 17.5. The second-order valence-corrected chi connectivity index (χ2v) is 29.5. The first-order chi connectivity index (χ1) is 57.4. The number of benzene rings is 18. The molecule has 22 rings (SSSR count). The number of hydrogen-bond acceptors (Lipinski definition) is 7. The molecule has 4 heterocycles. The minimum absolute atomic E-state index is 0.631. The van der Waals surface area contributed by atoms with E-state index in [0.29, 0.717) is 23.3 Å². The van der Waals surface area contributed by atoms with E-state index in [-0.39, 0.29) is 0 Å². The van der Waals surface area contributed by atoms with E-state index in [9.17, 15) is 0 Å². The summed E-state index contributed by atoms with van der Waals surface area (Å²) in [5.74, 6) is 2.61. The van der Waals surface area contributed by atoms with Crippen molar-refractivity contribution < 1.29 is 0 Å². The van der Waals surface area contributed by atoms with Gasteiger partial charge in [0.05, 0.1) is 33.8 Å². The first-order valence-corrected chi connectivity index (χ1v) is 39.2. The molecule has 0 bridgehead atoms. The van der Waals surface area contributed by atoms with Crippen LogP contribution in [0.2, 0.25) is 0 Å². The van der Waals surface area contributed by atoms with E-state index >= 15 is 0 Å². The van der Waals surface area contributed by atoms with Crippen molar-refractivity contribution in [1.29, 1.82) is 0 Å². The van der Waals surface area contributed by atoms with Crippen LogP contribution in [0.1, 0.15) is 0 Å². The molecule has 116 heavy (non-hydrogen) atoms. The summed E-state index contributed by atoms with van der Waals surface area (Å²) in [5, 5.41) is 16.4. The van der Waals surface area contributed by atoms with E-state index in [4.69, 9.17) is 34.9 Å². The molecule has 0 saturated carbocycles. The van der Waals surface area contributed by atoms with Gasteiger partial charge in [0.15, 0.2) is 23.3 Å². The van der Waals surface area contributed by atoms with Crippen LogP contribution in [-0.4, -0.2) is 34.9 Å². The molecule has 0 fully saturated rings. The van der Waals surface area contributed by atoms with Crippen LogP contribution in [0.5, 0.6) is 0 Å². The maximum absolute atomic E-state index is 5.47. The summed E-state index contributed by atoms with van der Waals surface area (Å²) in [4.78, 5) is 36.0. The normalized spacial score (nSPS) is 11.4. The van der Waals surface area contributed by atoms with Crippen molar-refractivity contribution in [2.75, 3.05) is 0 Å². The topological polar surface area (TPSA) is 90.2 Å². The fraction of sp³-hybridized carbons (Fsp3) is 0. The molecule has 0 N–H and O–H groups in total. The Hall–Kier alpha value is -15.6. The van der Waals surface area contributed by atoms with Crippen LogP contribution >= 0.6 is 0 Å². The molecule has 22 aromatic rings. The van der Waals surface area contributed by atoms with E-state index in [2.05, 4.69) is 322 Å². The predicted molar refractivity (Wildman–Crippen MR) is 483 cm³/mol. The number of hydrogen-bond donors (Lipinski definition) is 0. The highest BCUT2D eigenvalue weighted by Gasteiger charge is 2.22. The van der Waals surface area contributed by atoms with Crippen LogP contribution in [0.25, 0.3) is 222 Å². The van der Waals surface area contributed by atoms with Crippen LogP contribution in [0, 0.1) is 0 Å². The largest absolute Gasteiger partial charge is 0.247 e. The second kappa shape index (κ2) is 29.6. The lowest BCUT2D eigenvalue weighted by molar-refractivity contribution is 1.07. The molecule has 540 valence electrons. The van der Waals surface area contributed by atoms with E-state index < -0.39 is 0 Å². The zero-order valence-electron chi connectivity index (χ0n) is 63.0. The Morgan fingerprint density at radius 1 is 0.121 bits per heavy atom. The van der Waals surface area contributed by atoms with Crippen molar-refractivity contribution in [1.82, 2.24) is 34.9 Å². The molecule has 0 aliphatic heterocycles. The molecule has 0 saturated heterocycles. The third-order valence-electron chi connectivity index (χ3n) is 22.3. The summed E-state index contributed by atoms with van der Waals surface area (Å²) >= 11 is 0. The maximum atomic E-state index is 5.47. The summed E-state index contributed by atoms with van der Waals surface area (Å²) in [6, 6.07) is 148. The number of aromatic nitrogens is 7. The molecule has 0 aliphatic carbocycles. The second-order valence-electron chi connectivity index (χ2n) is 29.5. The third-order valence-corrected chi connectivity index (χ3v) is 22.3. The van der Waals surface area contributed by atoms with Gasteiger partial charge in [-0.3, -0.25) is 0 Å². The smallest absolute Gasteiger partial charge is 0.164 e. The first kappa shape index (κ1) is 68.5. The van der Waals surface area contributed by atoms with Gasteiger partial charge in [-0.25, -0.2) is 34.9 Å². The van der Waals surface area contributed by atoms with Gasteiger partial charge in [-0.1, -0.05) is 364 Å². The minimum Gasteiger partial charge on any atom is -0.247 e. The molecule has 0 radical (unpaired) electrons. The lowest BCUT2D eigenvalue weighted by Crippen LogP contribution is -2.00. The lowest BCUT2D eigenvalue weighted by atomic mass is 9.90. The van der Waals surface area contributed by atoms with Crippen molar-refractivity contribution in [3.63, 3.8) is 0 Å². The van der Waals surface area contributed by atoms with Crippen LogP contribution < -0.4 is 0 Å². The fourth-order valence-corrected chi connectivity index (χ4v) is 16.4. The van der Waals surface area contributed by atoms with E-state index in [0.717, 1.165) is 155 Å². The van der Waals surface area contributed by atoms with Gasteiger partial charge in [-0.05, 0) is 153 Å². The zero-order chi connectivity index (χ0) is 76.8.